The highest BCUT2D eigenvalue weighted by atomic mass is 16.2. The van der Waals surface area contributed by atoms with Gasteiger partial charge in [0, 0.05) is 50.4 Å². The summed E-state index contributed by atoms with van der Waals surface area (Å²) in [7, 11) is 0. The third-order valence-electron chi connectivity index (χ3n) is 6.07. The highest BCUT2D eigenvalue weighted by molar-refractivity contribution is 5.83. The lowest BCUT2D eigenvalue weighted by Gasteiger charge is -2.33. The molecule has 1 N–H and O–H groups in total. The maximum absolute atomic E-state index is 13.3. The van der Waals surface area contributed by atoms with Crippen molar-refractivity contribution in [1.82, 2.24) is 19.8 Å². The van der Waals surface area contributed by atoms with Gasteiger partial charge in [-0.2, -0.15) is 0 Å². The van der Waals surface area contributed by atoms with Crippen LogP contribution in [0.3, 0.4) is 0 Å². The molecule has 3 aliphatic heterocycles. The quantitative estimate of drug-likeness (QED) is 0.833. The van der Waals surface area contributed by atoms with E-state index in [1.54, 1.807) is 0 Å². The minimum absolute atomic E-state index is 0.00858. The standard InChI is InChI=1S/C22H31N5O2/c1-4-20-24-19-6-5-17(26-12-11-25-9-7-16(26)8-10-25)13-18(19)22(29)27(20)14-21(28)23-15(2)3/h5-6,13,15-16H,4,7-12,14H2,1-3H3,(H,23,28). The van der Waals surface area contributed by atoms with Gasteiger partial charge >= 0.3 is 0 Å². The predicted octanol–water partition coefficient (Wildman–Crippen LogP) is 1.77. The molecule has 5 rings (SSSR count). The molecule has 2 bridgehead atoms. The number of nitrogens with one attached hydrogen (secondary N) is 1. The summed E-state index contributed by atoms with van der Waals surface area (Å²) in [5.41, 5.74) is 1.67. The Balaban J connectivity index is 1.72. The van der Waals surface area contributed by atoms with Gasteiger partial charge in [-0.25, -0.2) is 4.98 Å². The zero-order chi connectivity index (χ0) is 20.5. The Morgan fingerprint density at radius 3 is 2.66 bits per heavy atom. The van der Waals surface area contributed by atoms with Crippen molar-refractivity contribution in [3.8, 4) is 0 Å². The van der Waals surface area contributed by atoms with Gasteiger partial charge in [0.25, 0.3) is 5.56 Å². The Labute approximate surface area is 171 Å². The Hall–Kier alpha value is -2.41. The predicted molar refractivity (Wildman–Crippen MR) is 115 cm³/mol. The van der Waals surface area contributed by atoms with Gasteiger partial charge < -0.3 is 15.1 Å². The summed E-state index contributed by atoms with van der Waals surface area (Å²) in [5, 5.41) is 3.46. The number of fused-ring (bicyclic) bond motifs is 5. The topological polar surface area (TPSA) is 70.5 Å². The lowest BCUT2D eigenvalue weighted by Crippen LogP contribution is -2.38. The fraction of sp³-hybridized carbons (Fsp3) is 0.591. The number of hydrogen-bond acceptors (Lipinski definition) is 5. The van der Waals surface area contributed by atoms with Gasteiger partial charge in [0.2, 0.25) is 5.91 Å². The third-order valence-corrected chi connectivity index (χ3v) is 6.07. The Morgan fingerprint density at radius 1 is 1.21 bits per heavy atom. The second kappa shape index (κ2) is 8.14. The number of nitrogens with zero attached hydrogens (tertiary/aromatic N) is 4. The van der Waals surface area contributed by atoms with Crippen LogP contribution in [0, 0.1) is 0 Å². The van der Waals surface area contributed by atoms with Crippen molar-refractivity contribution < 1.29 is 4.79 Å². The first-order valence-electron chi connectivity index (χ1n) is 10.8. The SMILES string of the molecule is CCc1nc2ccc(N3CCN4CCC3CC4)cc2c(=O)n1CC(=O)NC(C)C. The van der Waals surface area contributed by atoms with Crippen LogP contribution in [0.1, 0.15) is 39.4 Å². The first kappa shape index (κ1) is 19.9. The summed E-state index contributed by atoms with van der Waals surface area (Å²) in [6.07, 6.45) is 2.95. The molecule has 0 unspecified atom stereocenters. The molecule has 0 saturated carbocycles. The van der Waals surface area contributed by atoms with Crippen LogP contribution in [0.15, 0.2) is 23.0 Å². The van der Waals surface area contributed by atoms with Gasteiger partial charge in [0.05, 0.1) is 10.9 Å². The number of carbonyl (C=O) groups excluding carboxylic acids is 1. The largest absolute Gasteiger partial charge is 0.367 e. The molecule has 0 aliphatic carbocycles. The van der Waals surface area contributed by atoms with Gasteiger partial charge in [-0.15, -0.1) is 0 Å². The van der Waals surface area contributed by atoms with E-state index in [1.165, 1.54) is 17.4 Å². The smallest absolute Gasteiger partial charge is 0.261 e. The van der Waals surface area contributed by atoms with E-state index in [0.717, 1.165) is 31.9 Å². The summed E-state index contributed by atoms with van der Waals surface area (Å²) in [6.45, 7) is 10.2. The molecule has 1 amide bonds. The van der Waals surface area contributed by atoms with Crippen molar-refractivity contribution in [3.05, 3.63) is 34.4 Å². The lowest BCUT2D eigenvalue weighted by molar-refractivity contribution is -0.122. The minimum atomic E-state index is -0.160. The van der Waals surface area contributed by atoms with E-state index < -0.39 is 0 Å². The van der Waals surface area contributed by atoms with Crippen molar-refractivity contribution in [2.45, 2.75) is 58.7 Å². The fourth-order valence-electron chi connectivity index (χ4n) is 4.60. The van der Waals surface area contributed by atoms with Crippen molar-refractivity contribution in [2.75, 3.05) is 31.1 Å². The van der Waals surface area contributed by atoms with Gasteiger partial charge in [-0.3, -0.25) is 14.2 Å². The Morgan fingerprint density at radius 2 is 1.97 bits per heavy atom. The van der Waals surface area contributed by atoms with Crippen molar-refractivity contribution in [1.29, 1.82) is 0 Å². The van der Waals surface area contributed by atoms with Gasteiger partial charge in [0.1, 0.15) is 12.4 Å². The summed E-state index contributed by atoms with van der Waals surface area (Å²) in [4.78, 5) is 35.3. The lowest BCUT2D eigenvalue weighted by atomic mass is 10.0. The molecule has 2 aromatic rings. The third kappa shape index (κ3) is 4.01. The first-order valence-corrected chi connectivity index (χ1v) is 10.8. The van der Waals surface area contributed by atoms with Crippen LogP contribution in [0.5, 0.6) is 0 Å². The minimum Gasteiger partial charge on any atom is -0.367 e. The van der Waals surface area contributed by atoms with E-state index in [2.05, 4.69) is 21.2 Å². The van der Waals surface area contributed by atoms with Crippen LogP contribution in [0.25, 0.3) is 10.9 Å². The molecule has 156 valence electrons. The van der Waals surface area contributed by atoms with E-state index in [-0.39, 0.29) is 24.1 Å². The highest BCUT2D eigenvalue weighted by Gasteiger charge is 2.29. The van der Waals surface area contributed by atoms with Crippen LogP contribution in [-0.2, 0) is 17.8 Å². The molecule has 7 nitrogen and oxygen atoms in total. The number of hydrogen-bond donors (Lipinski definition) is 1. The summed E-state index contributed by atoms with van der Waals surface area (Å²) < 4.78 is 1.53. The maximum atomic E-state index is 13.3. The second-order valence-electron chi connectivity index (χ2n) is 8.46. The molecule has 1 aromatic carbocycles. The number of anilines is 1. The van der Waals surface area contributed by atoms with Gasteiger partial charge in [-0.05, 0) is 44.9 Å². The normalized spacial score (nSPS) is 21.6. The number of benzene rings is 1. The molecule has 4 heterocycles. The van der Waals surface area contributed by atoms with Crippen LogP contribution < -0.4 is 15.8 Å². The van der Waals surface area contributed by atoms with Crippen molar-refractivity contribution >= 4 is 22.5 Å². The summed E-state index contributed by atoms with van der Waals surface area (Å²) in [5.74, 6) is 0.489. The van der Waals surface area contributed by atoms with E-state index in [4.69, 9.17) is 4.98 Å². The highest BCUT2D eigenvalue weighted by Crippen LogP contribution is 2.28. The van der Waals surface area contributed by atoms with Crippen LogP contribution in [0.2, 0.25) is 0 Å². The van der Waals surface area contributed by atoms with Crippen LogP contribution in [-0.4, -0.2) is 58.6 Å². The average Bonchev–Trinajstić information content (AvgIpc) is 3.03. The number of carbonyl (C=O) groups is 1. The molecule has 3 fully saturated rings. The van der Waals surface area contributed by atoms with E-state index in [1.807, 2.05) is 32.9 Å². The van der Waals surface area contributed by atoms with Crippen molar-refractivity contribution in [2.24, 2.45) is 0 Å². The molecule has 0 radical (unpaired) electrons. The molecule has 3 aliphatic rings. The molecule has 7 heteroatoms. The zero-order valence-electron chi connectivity index (χ0n) is 17.6. The molecule has 3 saturated heterocycles. The monoisotopic (exact) mass is 397 g/mol. The Bertz CT molecular complexity index is 960. The molecule has 29 heavy (non-hydrogen) atoms. The van der Waals surface area contributed by atoms with Gasteiger partial charge in [-0.1, -0.05) is 6.92 Å². The molecular formula is C22H31N5O2. The zero-order valence-corrected chi connectivity index (χ0v) is 17.6. The van der Waals surface area contributed by atoms with E-state index in [9.17, 15) is 9.59 Å². The first-order chi connectivity index (χ1) is 14.0. The molecule has 0 atom stereocenters. The molecular weight excluding hydrogens is 366 g/mol. The summed E-state index contributed by atoms with van der Waals surface area (Å²) >= 11 is 0. The molecule has 1 aromatic heterocycles. The van der Waals surface area contributed by atoms with Crippen LogP contribution >= 0.6 is 0 Å². The maximum Gasteiger partial charge on any atom is 0.261 e. The number of amides is 1. The number of aromatic nitrogens is 2. The van der Waals surface area contributed by atoms with E-state index >= 15 is 0 Å². The number of piperidine rings is 1. The van der Waals surface area contributed by atoms with Crippen LogP contribution in [0.4, 0.5) is 5.69 Å². The van der Waals surface area contributed by atoms with E-state index in [0.29, 0.717) is 29.2 Å². The molecule has 0 spiro atoms. The Kier molecular flexibility index (Phi) is 5.58. The summed E-state index contributed by atoms with van der Waals surface area (Å²) in [6, 6.07) is 6.61. The second-order valence-corrected chi connectivity index (χ2v) is 8.46. The van der Waals surface area contributed by atoms with Gasteiger partial charge in [0.15, 0.2) is 0 Å². The average molecular weight is 398 g/mol. The number of rotatable bonds is 5. The number of aryl methyl sites for hydroxylation is 1. The van der Waals surface area contributed by atoms with Crippen molar-refractivity contribution in [3.63, 3.8) is 0 Å². The fourth-order valence-corrected chi connectivity index (χ4v) is 4.60.